The number of H-pyrrole nitrogens is 1. The molecule has 1 heterocycles. The molecule has 1 aromatic heterocycles. The van der Waals surface area contributed by atoms with Crippen molar-refractivity contribution in [1.82, 2.24) is 9.55 Å². The maximum absolute atomic E-state index is 13.0. The van der Waals surface area contributed by atoms with Crippen molar-refractivity contribution in [1.29, 1.82) is 0 Å². The van der Waals surface area contributed by atoms with E-state index in [1.165, 1.54) is 6.07 Å². The number of aliphatic hydroxyl groups is 1. The van der Waals surface area contributed by atoms with Crippen LogP contribution >= 0.6 is 23.8 Å². The Morgan fingerprint density at radius 3 is 2.88 bits per heavy atom. The highest BCUT2D eigenvalue weighted by molar-refractivity contribution is 7.71. The zero-order valence-electron chi connectivity index (χ0n) is 8.78. The van der Waals surface area contributed by atoms with Gasteiger partial charge in [-0.05, 0) is 29.9 Å². The first-order valence-electron chi connectivity index (χ1n) is 4.93. The summed E-state index contributed by atoms with van der Waals surface area (Å²) in [6, 6.07) is 4.50. The summed E-state index contributed by atoms with van der Waals surface area (Å²) in [5.41, 5.74) is 1.50. The fourth-order valence-electron chi connectivity index (χ4n) is 1.56. The van der Waals surface area contributed by atoms with E-state index in [1.54, 1.807) is 22.9 Å². The number of imidazole rings is 1. The van der Waals surface area contributed by atoms with E-state index in [-0.39, 0.29) is 11.6 Å². The molecule has 2 rings (SSSR count). The third-order valence-corrected chi connectivity index (χ3v) is 3.07. The van der Waals surface area contributed by atoms with E-state index in [2.05, 4.69) is 4.98 Å². The third kappa shape index (κ3) is 2.57. The van der Waals surface area contributed by atoms with Crippen molar-refractivity contribution in [3.8, 4) is 0 Å². The lowest BCUT2D eigenvalue weighted by Crippen LogP contribution is -2.04. The lowest BCUT2D eigenvalue weighted by atomic mass is 10.2. The summed E-state index contributed by atoms with van der Waals surface area (Å²) in [5.74, 6) is -0.449. The lowest BCUT2D eigenvalue weighted by Gasteiger charge is -2.07. The van der Waals surface area contributed by atoms with Crippen molar-refractivity contribution in [3.63, 3.8) is 0 Å². The van der Waals surface area contributed by atoms with Gasteiger partial charge in [0.2, 0.25) is 0 Å². The van der Waals surface area contributed by atoms with Crippen LogP contribution in [0.4, 0.5) is 4.39 Å². The molecule has 0 aliphatic heterocycles. The molecule has 0 unspecified atom stereocenters. The first-order chi connectivity index (χ1) is 8.11. The van der Waals surface area contributed by atoms with Gasteiger partial charge in [-0.1, -0.05) is 17.7 Å². The number of nitrogens with one attached hydrogen (secondary N) is 1. The number of aromatic nitrogens is 2. The second-order valence-corrected chi connectivity index (χ2v) is 4.37. The van der Waals surface area contributed by atoms with Crippen LogP contribution in [0.25, 0.3) is 0 Å². The average Bonchev–Trinajstić information content (AvgIpc) is 2.65. The lowest BCUT2D eigenvalue weighted by molar-refractivity contribution is 0.271. The third-order valence-electron chi connectivity index (χ3n) is 2.44. The number of aliphatic hydroxyl groups excluding tert-OH is 1. The topological polar surface area (TPSA) is 40.9 Å². The molecule has 0 fully saturated rings. The van der Waals surface area contributed by atoms with Crippen LogP contribution < -0.4 is 0 Å². The molecular formula is C11H10ClFN2OS. The number of benzene rings is 1. The van der Waals surface area contributed by atoms with Gasteiger partial charge in [-0.25, -0.2) is 4.39 Å². The number of rotatable bonds is 3. The molecule has 17 heavy (non-hydrogen) atoms. The maximum Gasteiger partial charge on any atom is 0.177 e. The fraction of sp³-hybridized carbons (Fsp3) is 0.182. The van der Waals surface area contributed by atoms with Crippen molar-refractivity contribution in [2.45, 2.75) is 13.2 Å². The van der Waals surface area contributed by atoms with Crippen LogP contribution in [-0.4, -0.2) is 14.7 Å². The quantitative estimate of drug-likeness (QED) is 0.844. The Balaban J connectivity index is 2.34. The fourth-order valence-corrected chi connectivity index (χ4v) is 2.00. The van der Waals surface area contributed by atoms with Gasteiger partial charge in [-0.15, -0.1) is 0 Å². The van der Waals surface area contributed by atoms with Gasteiger partial charge >= 0.3 is 0 Å². The van der Waals surface area contributed by atoms with Crippen LogP contribution in [0, 0.1) is 10.6 Å². The van der Waals surface area contributed by atoms with Gasteiger partial charge in [0, 0.05) is 6.20 Å². The predicted molar refractivity (Wildman–Crippen MR) is 66.1 cm³/mol. The summed E-state index contributed by atoms with van der Waals surface area (Å²) in [7, 11) is 0. The van der Waals surface area contributed by atoms with Crippen molar-refractivity contribution < 1.29 is 9.50 Å². The molecule has 0 saturated heterocycles. The smallest absolute Gasteiger partial charge is 0.177 e. The van der Waals surface area contributed by atoms with Crippen molar-refractivity contribution in [3.05, 3.63) is 51.3 Å². The number of aromatic amines is 1. The molecule has 0 aliphatic carbocycles. The SMILES string of the molecule is OCc1c[nH]c(=S)n1Cc1ccc(F)c(Cl)c1. The minimum absolute atomic E-state index is 0.0788. The molecule has 0 spiro atoms. The molecule has 2 aromatic rings. The Bertz CT molecular complexity index is 593. The van der Waals surface area contributed by atoms with E-state index in [9.17, 15) is 4.39 Å². The predicted octanol–water partition coefficient (Wildman–Crippen LogP) is 2.88. The summed E-state index contributed by atoms with van der Waals surface area (Å²) in [4.78, 5) is 2.85. The second-order valence-electron chi connectivity index (χ2n) is 3.58. The normalized spacial score (nSPS) is 10.8. The van der Waals surface area contributed by atoms with Gasteiger partial charge in [-0.3, -0.25) is 0 Å². The monoisotopic (exact) mass is 272 g/mol. The summed E-state index contributed by atoms with van der Waals surface area (Å²) in [6.45, 7) is 0.334. The van der Waals surface area contributed by atoms with Crippen LogP contribution in [0.2, 0.25) is 5.02 Å². The first kappa shape index (κ1) is 12.3. The van der Waals surface area contributed by atoms with Crippen molar-refractivity contribution in [2.24, 2.45) is 0 Å². The Morgan fingerprint density at radius 2 is 2.24 bits per heavy atom. The molecule has 0 amide bonds. The van der Waals surface area contributed by atoms with Crippen LogP contribution in [0.1, 0.15) is 11.3 Å². The Hall–Kier alpha value is -1.17. The largest absolute Gasteiger partial charge is 0.390 e. The molecule has 90 valence electrons. The van der Waals surface area contributed by atoms with E-state index in [0.29, 0.717) is 17.0 Å². The number of hydrogen-bond acceptors (Lipinski definition) is 2. The van der Waals surface area contributed by atoms with Crippen LogP contribution in [0.15, 0.2) is 24.4 Å². The van der Waals surface area contributed by atoms with E-state index < -0.39 is 5.82 Å². The van der Waals surface area contributed by atoms with Crippen molar-refractivity contribution in [2.75, 3.05) is 0 Å². The summed E-state index contributed by atoms with van der Waals surface area (Å²) in [6.07, 6.45) is 1.65. The minimum Gasteiger partial charge on any atom is -0.390 e. The van der Waals surface area contributed by atoms with Crippen LogP contribution in [0.5, 0.6) is 0 Å². The summed E-state index contributed by atoms with van der Waals surface area (Å²) >= 11 is 10.8. The number of nitrogens with zero attached hydrogens (tertiary/aromatic N) is 1. The summed E-state index contributed by atoms with van der Waals surface area (Å²) < 4.78 is 15.2. The molecule has 2 N–H and O–H groups in total. The first-order valence-corrected chi connectivity index (χ1v) is 5.72. The zero-order valence-corrected chi connectivity index (χ0v) is 10.4. The molecule has 0 bridgehead atoms. The van der Waals surface area contributed by atoms with E-state index in [1.807, 2.05) is 0 Å². The van der Waals surface area contributed by atoms with Gasteiger partial charge in [0.25, 0.3) is 0 Å². The maximum atomic E-state index is 13.0. The average molecular weight is 273 g/mol. The van der Waals surface area contributed by atoms with Gasteiger partial charge in [0.15, 0.2) is 4.77 Å². The molecular weight excluding hydrogens is 263 g/mol. The molecule has 3 nitrogen and oxygen atoms in total. The number of hydrogen-bond donors (Lipinski definition) is 2. The zero-order chi connectivity index (χ0) is 12.4. The van der Waals surface area contributed by atoms with Gasteiger partial charge in [0.05, 0.1) is 23.9 Å². The molecule has 0 radical (unpaired) electrons. The van der Waals surface area contributed by atoms with Crippen molar-refractivity contribution >= 4 is 23.8 Å². The Kier molecular flexibility index (Phi) is 3.61. The molecule has 0 aliphatic rings. The molecule has 0 saturated carbocycles. The van der Waals surface area contributed by atoms with Crippen LogP contribution in [0.3, 0.4) is 0 Å². The van der Waals surface area contributed by atoms with E-state index in [4.69, 9.17) is 28.9 Å². The Labute approximate surface area is 107 Å². The van der Waals surface area contributed by atoms with E-state index in [0.717, 1.165) is 5.56 Å². The standard InChI is InChI=1S/C11H10ClFN2OS/c12-9-3-7(1-2-10(9)13)5-15-8(6-16)4-14-11(15)17/h1-4,16H,5-6H2,(H,14,17). The molecule has 6 heteroatoms. The highest BCUT2D eigenvalue weighted by atomic mass is 35.5. The Morgan fingerprint density at radius 1 is 1.47 bits per heavy atom. The van der Waals surface area contributed by atoms with Crippen LogP contribution in [-0.2, 0) is 13.2 Å². The molecule has 1 aromatic carbocycles. The summed E-state index contributed by atoms with van der Waals surface area (Å²) in [5, 5.41) is 9.21. The van der Waals surface area contributed by atoms with Gasteiger partial charge < -0.3 is 14.7 Å². The highest BCUT2D eigenvalue weighted by Gasteiger charge is 2.06. The second kappa shape index (κ2) is 5.00. The van der Waals surface area contributed by atoms with Gasteiger partial charge in [-0.2, -0.15) is 0 Å². The van der Waals surface area contributed by atoms with E-state index >= 15 is 0 Å². The molecule has 0 atom stereocenters. The van der Waals surface area contributed by atoms with Gasteiger partial charge in [0.1, 0.15) is 5.82 Å². The number of halogens is 2. The highest BCUT2D eigenvalue weighted by Crippen LogP contribution is 2.17. The minimum atomic E-state index is -0.449.